The number of amides is 3. The van der Waals surface area contributed by atoms with E-state index in [1.165, 1.54) is 23.6 Å². The van der Waals surface area contributed by atoms with E-state index in [4.69, 9.17) is 4.52 Å². The largest absolute Gasteiger partial charge is 0.480 e. The standard InChI is InChI=1S/C21H21N3O6S/c1-10-13(14(22-30-10)12-8-6-5-7-9-12)17(26)23(11(2)25)15-18(27)24-16(20(28)29)21(3,4)31-19(15)24/h5-9,15-16,19H,1-4H3,(H,28,29)/t15-,16+,19-/m1/s1. The van der Waals surface area contributed by atoms with Gasteiger partial charge in [-0.1, -0.05) is 35.5 Å². The molecule has 1 aromatic carbocycles. The Hall–Kier alpha value is -3.14. The Bertz CT molecular complexity index is 1100. The number of carboxylic acids is 1. The van der Waals surface area contributed by atoms with Crippen molar-refractivity contribution in [3.05, 3.63) is 41.7 Å². The quantitative estimate of drug-likeness (QED) is 0.714. The summed E-state index contributed by atoms with van der Waals surface area (Å²) in [7, 11) is 0. The summed E-state index contributed by atoms with van der Waals surface area (Å²) < 4.78 is 4.47. The van der Waals surface area contributed by atoms with Gasteiger partial charge >= 0.3 is 5.97 Å². The minimum atomic E-state index is -1.12. The lowest BCUT2D eigenvalue weighted by Gasteiger charge is -2.47. The van der Waals surface area contributed by atoms with Crippen LogP contribution in [0.2, 0.25) is 0 Å². The number of hydrogen-bond acceptors (Lipinski definition) is 7. The molecular weight excluding hydrogens is 422 g/mol. The normalized spacial score (nSPS) is 23.8. The van der Waals surface area contributed by atoms with E-state index in [9.17, 15) is 24.3 Å². The van der Waals surface area contributed by atoms with Crippen LogP contribution in [0, 0.1) is 6.92 Å². The van der Waals surface area contributed by atoms with Gasteiger partial charge in [-0.05, 0) is 20.8 Å². The number of hydrogen-bond donors (Lipinski definition) is 1. The number of fused-ring (bicyclic) bond motifs is 1. The fraction of sp³-hybridized carbons (Fsp3) is 0.381. The second kappa shape index (κ2) is 7.23. The summed E-state index contributed by atoms with van der Waals surface area (Å²) in [6.45, 7) is 6.24. The van der Waals surface area contributed by atoms with Gasteiger partial charge in [0.2, 0.25) is 5.91 Å². The van der Waals surface area contributed by atoms with Gasteiger partial charge in [-0.3, -0.25) is 19.3 Å². The SMILES string of the molecule is CC(=O)N(C(=O)c1c(-c2ccccc2)noc1C)[C@@H]1C(=O)N2[C@@H]1SC(C)(C)[C@@H]2C(=O)O. The number of carboxylic acid groups (broad SMARTS) is 1. The van der Waals surface area contributed by atoms with Gasteiger partial charge < -0.3 is 14.5 Å². The fourth-order valence-electron chi connectivity index (χ4n) is 4.23. The molecule has 10 heteroatoms. The third kappa shape index (κ3) is 3.13. The van der Waals surface area contributed by atoms with Crippen molar-refractivity contribution in [2.75, 3.05) is 0 Å². The first-order valence-electron chi connectivity index (χ1n) is 9.65. The molecule has 0 saturated carbocycles. The van der Waals surface area contributed by atoms with Crippen molar-refractivity contribution in [1.29, 1.82) is 0 Å². The highest BCUT2D eigenvalue weighted by Gasteiger charge is 2.66. The molecule has 4 rings (SSSR count). The van der Waals surface area contributed by atoms with E-state index in [1.807, 2.05) is 6.07 Å². The zero-order chi connectivity index (χ0) is 22.7. The van der Waals surface area contributed by atoms with Crippen LogP contribution in [0.15, 0.2) is 34.9 Å². The van der Waals surface area contributed by atoms with Crippen molar-refractivity contribution in [2.45, 2.75) is 49.9 Å². The van der Waals surface area contributed by atoms with Crippen molar-refractivity contribution in [1.82, 2.24) is 15.0 Å². The average Bonchev–Trinajstić information content (AvgIpc) is 3.20. The van der Waals surface area contributed by atoms with E-state index in [0.717, 1.165) is 4.90 Å². The first-order valence-corrected chi connectivity index (χ1v) is 10.5. The van der Waals surface area contributed by atoms with Gasteiger partial charge in [-0.2, -0.15) is 0 Å². The summed E-state index contributed by atoms with van der Waals surface area (Å²) in [5, 5.41) is 13.0. The van der Waals surface area contributed by atoms with Crippen LogP contribution < -0.4 is 0 Å². The Balaban J connectivity index is 1.72. The molecule has 9 nitrogen and oxygen atoms in total. The van der Waals surface area contributed by atoms with E-state index in [-0.39, 0.29) is 17.0 Å². The zero-order valence-corrected chi connectivity index (χ0v) is 18.2. The predicted octanol–water partition coefficient (Wildman–Crippen LogP) is 2.15. The van der Waals surface area contributed by atoms with E-state index < -0.39 is 45.9 Å². The molecule has 162 valence electrons. The van der Waals surface area contributed by atoms with E-state index in [2.05, 4.69) is 5.16 Å². The first-order chi connectivity index (χ1) is 14.6. The predicted molar refractivity (Wildman–Crippen MR) is 111 cm³/mol. The van der Waals surface area contributed by atoms with Gasteiger partial charge in [-0.25, -0.2) is 4.79 Å². The second-order valence-electron chi connectivity index (χ2n) is 8.07. The van der Waals surface area contributed by atoms with Crippen LogP contribution in [0.1, 0.15) is 36.9 Å². The molecule has 1 aromatic heterocycles. The van der Waals surface area contributed by atoms with Crippen molar-refractivity contribution in [3.8, 4) is 11.3 Å². The molecule has 3 amide bonds. The number of benzene rings is 1. The number of carbonyl (C=O) groups excluding carboxylic acids is 3. The number of carbonyl (C=O) groups is 4. The molecule has 1 N–H and O–H groups in total. The summed E-state index contributed by atoms with van der Waals surface area (Å²) in [6, 6.07) is 6.79. The summed E-state index contributed by atoms with van der Waals surface area (Å²) in [5.41, 5.74) is 1.01. The molecule has 0 radical (unpaired) electrons. The lowest BCUT2D eigenvalue weighted by molar-refractivity contribution is -0.165. The Morgan fingerprint density at radius 1 is 1.23 bits per heavy atom. The number of aliphatic carboxylic acids is 1. The summed E-state index contributed by atoms with van der Waals surface area (Å²) >= 11 is 1.27. The minimum Gasteiger partial charge on any atom is -0.480 e. The number of rotatable bonds is 4. The van der Waals surface area contributed by atoms with Gasteiger partial charge in [0.1, 0.15) is 34.5 Å². The van der Waals surface area contributed by atoms with Crippen molar-refractivity contribution >= 4 is 35.5 Å². The van der Waals surface area contributed by atoms with Crippen molar-refractivity contribution < 1.29 is 28.8 Å². The number of β-lactam (4-membered cyclic amide) rings is 1. The molecule has 0 bridgehead atoms. The maximum Gasteiger partial charge on any atom is 0.327 e. The molecule has 2 aromatic rings. The Labute approximate surface area is 182 Å². The van der Waals surface area contributed by atoms with Gasteiger partial charge in [-0.15, -0.1) is 11.8 Å². The second-order valence-corrected chi connectivity index (χ2v) is 9.84. The zero-order valence-electron chi connectivity index (χ0n) is 17.4. The van der Waals surface area contributed by atoms with Crippen LogP contribution in [-0.4, -0.2) is 66.0 Å². The summed E-state index contributed by atoms with van der Waals surface area (Å²) in [4.78, 5) is 52.9. The molecule has 31 heavy (non-hydrogen) atoms. The van der Waals surface area contributed by atoms with Gasteiger partial charge in [0.05, 0.1) is 0 Å². The lowest BCUT2D eigenvalue weighted by atomic mass is 9.94. The number of thioether (sulfide) groups is 1. The Kier molecular flexibility index (Phi) is 4.92. The third-order valence-electron chi connectivity index (χ3n) is 5.61. The van der Waals surface area contributed by atoms with Crippen molar-refractivity contribution in [3.63, 3.8) is 0 Å². The summed E-state index contributed by atoms with van der Waals surface area (Å²) in [5.74, 6) is -2.76. The number of nitrogens with zero attached hydrogens (tertiary/aromatic N) is 3. The van der Waals surface area contributed by atoms with Crippen LogP contribution in [0.5, 0.6) is 0 Å². The highest BCUT2D eigenvalue weighted by molar-refractivity contribution is 8.01. The topological polar surface area (TPSA) is 121 Å². The molecule has 2 aliphatic rings. The molecule has 2 aliphatic heterocycles. The van der Waals surface area contributed by atoms with Crippen LogP contribution in [0.25, 0.3) is 11.3 Å². The molecular formula is C21H21N3O6S. The fourth-order valence-corrected chi connectivity index (χ4v) is 5.91. The van der Waals surface area contributed by atoms with Gasteiger partial charge in [0, 0.05) is 17.2 Å². The average molecular weight is 443 g/mol. The molecule has 0 spiro atoms. The van der Waals surface area contributed by atoms with E-state index in [1.54, 1.807) is 45.0 Å². The van der Waals surface area contributed by atoms with Crippen LogP contribution in [-0.2, 0) is 14.4 Å². The number of imide groups is 1. The molecule has 3 heterocycles. The van der Waals surface area contributed by atoms with Crippen LogP contribution in [0.4, 0.5) is 0 Å². The van der Waals surface area contributed by atoms with Gasteiger partial charge in [0.15, 0.2) is 0 Å². The van der Waals surface area contributed by atoms with Gasteiger partial charge in [0.25, 0.3) is 11.8 Å². The maximum absolute atomic E-state index is 13.5. The van der Waals surface area contributed by atoms with E-state index in [0.29, 0.717) is 5.56 Å². The monoisotopic (exact) mass is 443 g/mol. The summed E-state index contributed by atoms with van der Waals surface area (Å²) in [6.07, 6.45) is 0. The first kappa shape index (κ1) is 21.1. The number of aryl methyl sites for hydroxylation is 1. The Morgan fingerprint density at radius 3 is 2.45 bits per heavy atom. The Morgan fingerprint density at radius 2 is 1.87 bits per heavy atom. The van der Waals surface area contributed by atoms with Crippen LogP contribution >= 0.6 is 11.8 Å². The number of aromatic nitrogens is 1. The maximum atomic E-state index is 13.5. The lowest BCUT2D eigenvalue weighted by Crippen LogP contribution is -2.72. The molecule has 2 fully saturated rings. The highest BCUT2D eigenvalue weighted by atomic mass is 32.2. The third-order valence-corrected chi connectivity index (χ3v) is 7.16. The molecule has 0 aliphatic carbocycles. The minimum absolute atomic E-state index is 0.102. The molecule has 3 atom stereocenters. The highest BCUT2D eigenvalue weighted by Crippen LogP contribution is 2.52. The molecule has 2 saturated heterocycles. The molecule has 0 unspecified atom stereocenters. The van der Waals surface area contributed by atoms with Crippen molar-refractivity contribution in [2.24, 2.45) is 0 Å². The smallest absolute Gasteiger partial charge is 0.327 e. The van der Waals surface area contributed by atoms with E-state index >= 15 is 0 Å². The van der Waals surface area contributed by atoms with Crippen LogP contribution in [0.3, 0.4) is 0 Å².